The smallest absolute Gasteiger partial charge is 0.341 e. The summed E-state index contributed by atoms with van der Waals surface area (Å²) >= 11 is 0. The fourth-order valence-electron chi connectivity index (χ4n) is 2.55. The Hall–Kier alpha value is -2.01. The Morgan fingerprint density at radius 1 is 1.38 bits per heavy atom. The molecule has 114 valence electrons. The van der Waals surface area contributed by atoms with Gasteiger partial charge in [-0.3, -0.25) is 0 Å². The molecule has 0 fully saturated rings. The molecule has 21 heavy (non-hydrogen) atoms. The minimum absolute atomic E-state index is 0.152. The van der Waals surface area contributed by atoms with E-state index in [1.54, 1.807) is 13.2 Å². The van der Waals surface area contributed by atoms with Gasteiger partial charge in [0.15, 0.2) is 0 Å². The van der Waals surface area contributed by atoms with Crippen molar-refractivity contribution < 1.29 is 19.4 Å². The first-order valence-corrected chi connectivity index (χ1v) is 7.07. The first-order valence-electron chi connectivity index (χ1n) is 7.07. The van der Waals surface area contributed by atoms with E-state index >= 15 is 0 Å². The molecular formula is C16H21NO4. The van der Waals surface area contributed by atoms with E-state index in [0.29, 0.717) is 11.4 Å². The molecule has 1 unspecified atom stereocenters. The summed E-state index contributed by atoms with van der Waals surface area (Å²) < 4.78 is 10.5. The summed E-state index contributed by atoms with van der Waals surface area (Å²) in [5, 5.41) is 12.6. The number of hydrogen-bond donors (Lipinski definition) is 2. The van der Waals surface area contributed by atoms with Crippen molar-refractivity contribution in [2.75, 3.05) is 19.5 Å². The molecule has 1 aromatic carbocycles. The molecule has 1 aliphatic heterocycles. The molecular weight excluding hydrogens is 270 g/mol. The van der Waals surface area contributed by atoms with Crippen LogP contribution >= 0.6 is 0 Å². The van der Waals surface area contributed by atoms with Gasteiger partial charge in [-0.15, -0.1) is 0 Å². The van der Waals surface area contributed by atoms with E-state index in [9.17, 15) is 9.90 Å². The lowest BCUT2D eigenvalue weighted by Crippen LogP contribution is -2.25. The van der Waals surface area contributed by atoms with Crippen LogP contribution < -0.4 is 10.1 Å². The van der Waals surface area contributed by atoms with Crippen molar-refractivity contribution in [2.24, 2.45) is 0 Å². The third kappa shape index (κ3) is 3.03. The molecule has 0 bridgehead atoms. The number of unbranched alkanes of at least 4 members (excludes halogenated alkanes) is 1. The van der Waals surface area contributed by atoms with Crippen molar-refractivity contribution in [2.45, 2.75) is 32.4 Å². The second-order valence-corrected chi connectivity index (χ2v) is 4.97. The lowest BCUT2D eigenvalue weighted by molar-refractivity contribution is 0.0694. The molecule has 5 heteroatoms. The predicted octanol–water partition coefficient (Wildman–Crippen LogP) is 3.37. The third-order valence-corrected chi connectivity index (χ3v) is 3.64. The van der Waals surface area contributed by atoms with Gasteiger partial charge in [-0.25, -0.2) is 4.79 Å². The average Bonchev–Trinajstić information content (AvgIpc) is 2.50. The van der Waals surface area contributed by atoms with Crippen LogP contribution in [0.15, 0.2) is 18.2 Å². The first kappa shape index (κ1) is 15.4. The van der Waals surface area contributed by atoms with Crippen LogP contribution in [0, 0.1) is 0 Å². The number of methoxy groups -OCH3 is 2. The monoisotopic (exact) mass is 291 g/mol. The van der Waals surface area contributed by atoms with E-state index in [1.165, 1.54) is 7.11 Å². The number of fused-ring (bicyclic) bond motifs is 1. The van der Waals surface area contributed by atoms with Crippen molar-refractivity contribution in [3.05, 3.63) is 29.3 Å². The van der Waals surface area contributed by atoms with Crippen LogP contribution in [-0.2, 0) is 4.74 Å². The Morgan fingerprint density at radius 2 is 2.14 bits per heavy atom. The standard InChI is InChI=1S/C16H21NO4/c1-4-5-6-10-9-13(21-3)17-15-11(10)7-8-12(20-2)14(15)16(18)19/h7-9,13,17H,4-6H2,1-3H3,(H,18,19). The van der Waals surface area contributed by atoms with E-state index in [-0.39, 0.29) is 11.8 Å². The van der Waals surface area contributed by atoms with Crippen LogP contribution in [0.1, 0.15) is 42.1 Å². The SMILES string of the molecule is CCCCC1=CC(OC)Nc2c1ccc(OC)c2C(=O)O. The van der Waals surface area contributed by atoms with Gasteiger partial charge in [0, 0.05) is 12.7 Å². The van der Waals surface area contributed by atoms with Crippen molar-refractivity contribution in [3.8, 4) is 5.75 Å². The van der Waals surface area contributed by atoms with Crippen molar-refractivity contribution in [1.29, 1.82) is 0 Å². The molecule has 1 atom stereocenters. The van der Waals surface area contributed by atoms with Gasteiger partial charge in [0.1, 0.15) is 17.5 Å². The van der Waals surface area contributed by atoms with E-state index in [0.717, 1.165) is 30.4 Å². The number of carbonyl (C=O) groups is 1. The molecule has 0 amide bonds. The van der Waals surface area contributed by atoms with Crippen LogP contribution in [0.2, 0.25) is 0 Å². The van der Waals surface area contributed by atoms with Crippen LogP contribution in [0.3, 0.4) is 0 Å². The Balaban J connectivity index is 2.54. The molecule has 0 aromatic heterocycles. The van der Waals surface area contributed by atoms with Gasteiger partial charge in [0.05, 0.1) is 12.8 Å². The lowest BCUT2D eigenvalue weighted by Gasteiger charge is -2.27. The Kier molecular flexibility index (Phi) is 4.85. The Morgan fingerprint density at radius 3 is 2.71 bits per heavy atom. The summed E-state index contributed by atoms with van der Waals surface area (Å²) in [6, 6.07) is 3.61. The maximum absolute atomic E-state index is 11.6. The third-order valence-electron chi connectivity index (χ3n) is 3.64. The van der Waals surface area contributed by atoms with Gasteiger partial charge < -0.3 is 19.9 Å². The second kappa shape index (κ2) is 6.63. The number of anilines is 1. The summed E-state index contributed by atoms with van der Waals surface area (Å²) in [5.41, 5.74) is 2.75. The topological polar surface area (TPSA) is 67.8 Å². The Labute approximate surface area is 124 Å². The number of carboxylic acids is 1. The fourth-order valence-corrected chi connectivity index (χ4v) is 2.55. The molecule has 0 aliphatic carbocycles. The molecule has 0 saturated carbocycles. The van der Waals surface area contributed by atoms with Crippen LogP contribution in [0.5, 0.6) is 5.75 Å². The highest BCUT2D eigenvalue weighted by atomic mass is 16.5. The summed E-state index contributed by atoms with van der Waals surface area (Å²) in [6.45, 7) is 2.13. The number of nitrogens with one attached hydrogen (secondary N) is 1. The average molecular weight is 291 g/mol. The molecule has 2 N–H and O–H groups in total. The van der Waals surface area contributed by atoms with Gasteiger partial charge in [0.2, 0.25) is 0 Å². The highest BCUT2D eigenvalue weighted by molar-refractivity contribution is 6.01. The van der Waals surface area contributed by atoms with Gasteiger partial charge in [-0.05, 0) is 36.6 Å². The van der Waals surface area contributed by atoms with Crippen LogP contribution in [0.4, 0.5) is 5.69 Å². The number of benzene rings is 1. The summed E-state index contributed by atoms with van der Waals surface area (Å²) in [4.78, 5) is 11.6. The molecule has 2 rings (SSSR count). The summed E-state index contributed by atoms with van der Waals surface area (Å²) in [5.74, 6) is -0.664. The van der Waals surface area contributed by atoms with Crippen molar-refractivity contribution in [1.82, 2.24) is 0 Å². The molecule has 5 nitrogen and oxygen atoms in total. The zero-order chi connectivity index (χ0) is 15.4. The minimum atomic E-state index is -1.01. The van der Waals surface area contributed by atoms with E-state index in [4.69, 9.17) is 9.47 Å². The predicted molar refractivity (Wildman–Crippen MR) is 81.9 cm³/mol. The molecule has 1 heterocycles. The number of hydrogen-bond acceptors (Lipinski definition) is 4. The summed E-state index contributed by atoms with van der Waals surface area (Å²) in [6.07, 6.45) is 4.72. The highest BCUT2D eigenvalue weighted by Gasteiger charge is 2.26. The number of ether oxygens (including phenoxy) is 2. The lowest BCUT2D eigenvalue weighted by atomic mass is 9.92. The maximum atomic E-state index is 11.6. The molecule has 0 radical (unpaired) electrons. The van der Waals surface area contributed by atoms with Gasteiger partial charge in [-0.2, -0.15) is 0 Å². The van der Waals surface area contributed by atoms with Gasteiger partial charge >= 0.3 is 5.97 Å². The van der Waals surface area contributed by atoms with Crippen molar-refractivity contribution >= 4 is 17.2 Å². The van der Waals surface area contributed by atoms with Crippen LogP contribution in [-0.4, -0.2) is 31.5 Å². The maximum Gasteiger partial charge on any atom is 0.341 e. The fraction of sp³-hybridized carbons (Fsp3) is 0.438. The van der Waals surface area contributed by atoms with Gasteiger partial charge in [0.25, 0.3) is 0 Å². The second-order valence-electron chi connectivity index (χ2n) is 4.97. The zero-order valence-corrected chi connectivity index (χ0v) is 12.6. The van der Waals surface area contributed by atoms with E-state index < -0.39 is 5.97 Å². The molecule has 1 aromatic rings. The number of rotatable bonds is 6. The van der Waals surface area contributed by atoms with Gasteiger partial charge in [-0.1, -0.05) is 13.3 Å². The first-order chi connectivity index (χ1) is 10.1. The number of allylic oxidation sites excluding steroid dienone is 1. The number of aromatic carboxylic acids is 1. The minimum Gasteiger partial charge on any atom is -0.496 e. The van der Waals surface area contributed by atoms with Crippen molar-refractivity contribution in [3.63, 3.8) is 0 Å². The zero-order valence-electron chi connectivity index (χ0n) is 12.6. The quantitative estimate of drug-likeness (QED) is 0.841. The molecule has 1 aliphatic rings. The molecule has 0 spiro atoms. The van der Waals surface area contributed by atoms with Crippen LogP contribution in [0.25, 0.3) is 5.57 Å². The Bertz CT molecular complexity index is 566. The van der Waals surface area contributed by atoms with E-state index in [2.05, 4.69) is 12.2 Å². The van der Waals surface area contributed by atoms with E-state index in [1.807, 2.05) is 12.1 Å². The normalized spacial score (nSPS) is 16.7. The largest absolute Gasteiger partial charge is 0.496 e. The molecule has 0 saturated heterocycles. The summed E-state index contributed by atoms with van der Waals surface area (Å²) in [7, 11) is 3.07. The highest BCUT2D eigenvalue weighted by Crippen LogP contribution is 2.39. The number of carboxylic acid groups (broad SMARTS) is 1.